The number of primary amides is 1. The SMILES string of the molecule is CCOc1cc(C(N)=O)c(NC=O)cc1OC. The summed E-state index contributed by atoms with van der Waals surface area (Å²) >= 11 is 0. The van der Waals surface area contributed by atoms with Crippen molar-refractivity contribution in [3.05, 3.63) is 17.7 Å². The summed E-state index contributed by atoms with van der Waals surface area (Å²) in [5, 5.41) is 2.38. The highest BCUT2D eigenvalue weighted by Gasteiger charge is 2.14. The second-order valence-electron chi connectivity index (χ2n) is 3.11. The van der Waals surface area contributed by atoms with E-state index in [1.165, 1.54) is 19.2 Å². The van der Waals surface area contributed by atoms with Gasteiger partial charge < -0.3 is 20.5 Å². The summed E-state index contributed by atoms with van der Waals surface area (Å²) < 4.78 is 10.4. The molecule has 0 spiro atoms. The summed E-state index contributed by atoms with van der Waals surface area (Å²) in [6, 6.07) is 2.93. The van der Waals surface area contributed by atoms with E-state index in [1.807, 2.05) is 0 Å². The number of benzene rings is 1. The number of nitrogens with one attached hydrogen (secondary N) is 1. The Morgan fingerprint density at radius 1 is 1.47 bits per heavy atom. The van der Waals surface area contributed by atoms with Crippen LogP contribution >= 0.6 is 0 Å². The summed E-state index contributed by atoms with van der Waals surface area (Å²) in [6.07, 6.45) is 0.460. The summed E-state index contributed by atoms with van der Waals surface area (Å²) in [5.41, 5.74) is 5.66. The third-order valence-electron chi connectivity index (χ3n) is 2.08. The normalized spacial score (nSPS) is 9.53. The first-order valence-corrected chi connectivity index (χ1v) is 4.98. The van der Waals surface area contributed by atoms with Gasteiger partial charge in [-0.05, 0) is 13.0 Å². The highest BCUT2D eigenvalue weighted by molar-refractivity contribution is 6.01. The number of nitrogens with two attached hydrogens (primary N) is 1. The standard InChI is InChI=1S/C11H14N2O4/c1-3-17-10-4-7(11(12)15)8(13-6-14)5-9(10)16-2/h4-6H,3H2,1-2H3,(H2,12,15)(H,13,14). The number of carbonyl (C=O) groups excluding carboxylic acids is 2. The smallest absolute Gasteiger partial charge is 0.250 e. The van der Waals surface area contributed by atoms with Crippen molar-refractivity contribution >= 4 is 18.0 Å². The Balaban J connectivity index is 3.30. The number of hydrogen-bond donors (Lipinski definition) is 2. The van der Waals surface area contributed by atoms with Crippen LogP contribution in [0.25, 0.3) is 0 Å². The van der Waals surface area contributed by atoms with E-state index in [9.17, 15) is 9.59 Å². The third kappa shape index (κ3) is 2.87. The van der Waals surface area contributed by atoms with Gasteiger partial charge in [0.2, 0.25) is 6.41 Å². The largest absolute Gasteiger partial charge is 0.493 e. The third-order valence-corrected chi connectivity index (χ3v) is 2.08. The van der Waals surface area contributed by atoms with Crippen molar-refractivity contribution in [1.82, 2.24) is 0 Å². The molecule has 0 aliphatic heterocycles. The lowest BCUT2D eigenvalue weighted by Gasteiger charge is -2.13. The van der Waals surface area contributed by atoms with E-state index in [2.05, 4.69) is 5.32 Å². The number of carbonyl (C=O) groups is 2. The van der Waals surface area contributed by atoms with Crippen molar-refractivity contribution in [3.63, 3.8) is 0 Å². The van der Waals surface area contributed by atoms with Crippen LogP contribution in [0.2, 0.25) is 0 Å². The van der Waals surface area contributed by atoms with E-state index >= 15 is 0 Å². The molecular weight excluding hydrogens is 224 g/mol. The van der Waals surface area contributed by atoms with E-state index in [0.29, 0.717) is 24.5 Å². The quantitative estimate of drug-likeness (QED) is 0.716. The van der Waals surface area contributed by atoms with Gasteiger partial charge in [0.1, 0.15) is 0 Å². The van der Waals surface area contributed by atoms with Gasteiger partial charge in [-0.1, -0.05) is 0 Å². The highest BCUT2D eigenvalue weighted by atomic mass is 16.5. The molecule has 0 aliphatic carbocycles. The van der Waals surface area contributed by atoms with Crippen LogP contribution in [0.4, 0.5) is 5.69 Å². The molecule has 17 heavy (non-hydrogen) atoms. The van der Waals surface area contributed by atoms with E-state index in [0.717, 1.165) is 0 Å². The van der Waals surface area contributed by atoms with E-state index in [4.69, 9.17) is 15.2 Å². The molecule has 1 aromatic carbocycles. The van der Waals surface area contributed by atoms with Crippen LogP contribution in [0.5, 0.6) is 11.5 Å². The monoisotopic (exact) mass is 238 g/mol. The number of rotatable bonds is 6. The Hall–Kier alpha value is -2.24. The molecule has 0 unspecified atom stereocenters. The predicted octanol–water partition coefficient (Wildman–Crippen LogP) is 0.761. The second kappa shape index (κ2) is 5.74. The van der Waals surface area contributed by atoms with Crippen LogP contribution in [0.3, 0.4) is 0 Å². The molecule has 6 heteroatoms. The van der Waals surface area contributed by atoms with Crippen LogP contribution in [-0.2, 0) is 4.79 Å². The summed E-state index contributed by atoms with van der Waals surface area (Å²) in [6.45, 7) is 2.23. The molecule has 0 heterocycles. The number of anilines is 1. The summed E-state index contributed by atoms with van der Waals surface area (Å²) in [5.74, 6) is 0.166. The molecule has 0 bridgehead atoms. The minimum Gasteiger partial charge on any atom is -0.493 e. The Kier molecular flexibility index (Phi) is 4.33. The lowest BCUT2D eigenvalue weighted by atomic mass is 10.1. The minimum absolute atomic E-state index is 0.168. The fourth-order valence-electron chi connectivity index (χ4n) is 1.37. The van der Waals surface area contributed by atoms with Crippen molar-refractivity contribution < 1.29 is 19.1 Å². The van der Waals surface area contributed by atoms with Crippen LogP contribution in [0.1, 0.15) is 17.3 Å². The highest BCUT2D eigenvalue weighted by Crippen LogP contribution is 2.33. The van der Waals surface area contributed by atoms with Crippen LogP contribution in [0.15, 0.2) is 12.1 Å². The fourth-order valence-corrected chi connectivity index (χ4v) is 1.37. The Morgan fingerprint density at radius 2 is 2.18 bits per heavy atom. The topological polar surface area (TPSA) is 90.6 Å². The molecule has 0 aromatic heterocycles. The van der Waals surface area contributed by atoms with Gasteiger partial charge in [0.05, 0.1) is 25.0 Å². The zero-order chi connectivity index (χ0) is 12.8. The first-order valence-electron chi connectivity index (χ1n) is 4.98. The molecule has 0 fully saturated rings. The molecule has 0 saturated carbocycles. The second-order valence-corrected chi connectivity index (χ2v) is 3.11. The Labute approximate surface area is 98.7 Å². The lowest BCUT2D eigenvalue weighted by Crippen LogP contribution is -2.14. The van der Waals surface area contributed by atoms with Crippen molar-refractivity contribution in [2.45, 2.75) is 6.92 Å². The van der Waals surface area contributed by atoms with Gasteiger partial charge in [-0.3, -0.25) is 9.59 Å². The van der Waals surface area contributed by atoms with Gasteiger partial charge in [0.15, 0.2) is 11.5 Å². The molecule has 2 amide bonds. The Bertz CT molecular complexity index is 432. The van der Waals surface area contributed by atoms with E-state index in [-0.39, 0.29) is 11.3 Å². The summed E-state index contributed by atoms with van der Waals surface area (Å²) in [4.78, 5) is 21.6. The maximum Gasteiger partial charge on any atom is 0.250 e. The fraction of sp³-hybridized carbons (Fsp3) is 0.273. The van der Waals surface area contributed by atoms with Crippen molar-refractivity contribution in [1.29, 1.82) is 0 Å². The van der Waals surface area contributed by atoms with Gasteiger partial charge >= 0.3 is 0 Å². The van der Waals surface area contributed by atoms with Crippen molar-refractivity contribution in [2.24, 2.45) is 5.73 Å². The zero-order valence-corrected chi connectivity index (χ0v) is 9.65. The molecular formula is C11H14N2O4. The minimum atomic E-state index is -0.655. The first-order chi connectivity index (χ1) is 8.13. The lowest BCUT2D eigenvalue weighted by molar-refractivity contribution is -0.105. The summed E-state index contributed by atoms with van der Waals surface area (Å²) in [7, 11) is 1.46. The molecule has 1 rings (SSSR count). The average molecular weight is 238 g/mol. The van der Waals surface area contributed by atoms with Crippen molar-refractivity contribution in [2.75, 3.05) is 19.0 Å². The van der Waals surface area contributed by atoms with Crippen LogP contribution < -0.4 is 20.5 Å². The maximum absolute atomic E-state index is 11.2. The molecule has 0 radical (unpaired) electrons. The molecule has 92 valence electrons. The first kappa shape index (κ1) is 12.8. The van der Waals surface area contributed by atoms with Gasteiger partial charge in [-0.2, -0.15) is 0 Å². The number of ether oxygens (including phenoxy) is 2. The molecule has 0 saturated heterocycles. The maximum atomic E-state index is 11.2. The van der Waals surface area contributed by atoms with Crippen molar-refractivity contribution in [3.8, 4) is 11.5 Å². The number of hydrogen-bond acceptors (Lipinski definition) is 4. The molecule has 0 aliphatic rings. The predicted molar refractivity (Wildman–Crippen MR) is 62.4 cm³/mol. The zero-order valence-electron chi connectivity index (χ0n) is 9.65. The van der Waals surface area contributed by atoms with Gasteiger partial charge in [-0.15, -0.1) is 0 Å². The van der Waals surface area contributed by atoms with Gasteiger partial charge in [-0.25, -0.2) is 0 Å². The van der Waals surface area contributed by atoms with E-state index < -0.39 is 5.91 Å². The van der Waals surface area contributed by atoms with Gasteiger partial charge in [0, 0.05) is 6.07 Å². The Morgan fingerprint density at radius 3 is 2.65 bits per heavy atom. The van der Waals surface area contributed by atoms with E-state index in [1.54, 1.807) is 6.92 Å². The average Bonchev–Trinajstić information content (AvgIpc) is 2.30. The molecule has 0 atom stereocenters. The van der Waals surface area contributed by atoms with Gasteiger partial charge in [0.25, 0.3) is 5.91 Å². The number of methoxy groups -OCH3 is 1. The van der Waals surface area contributed by atoms with Crippen LogP contribution in [-0.4, -0.2) is 26.0 Å². The molecule has 3 N–H and O–H groups in total. The molecule has 1 aromatic rings. The van der Waals surface area contributed by atoms with Crippen LogP contribution in [0, 0.1) is 0 Å². The molecule has 6 nitrogen and oxygen atoms in total. The number of amides is 2.